The number of nitrogens with zero attached hydrogens (tertiary/aromatic N) is 3. The van der Waals surface area contributed by atoms with E-state index >= 15 is 0 Å². The minimum absolute atomic E-state index is 0.601. The van der Waals surface area contributed by atoms with E-state index in [-0.39, 0.29) is 0 Å². The lowest BCUT2D eigenvalue weighted by Crippen LogP contribution is -2.57. The second-order valence-electron chi connectivity index (χ2n) is 6.01. The van der Waals surface area contributed by atoms with Crippen molar-refractivity contribution in [2.24, 2.45) is 5.92 Å². The van der Waals surface area contributed by atoms with Crippen molar-refractivity contribution < 1.29 is 0 Å². The molecule has 1 aromatic rings. The van der Waals surface area contributed by atoms with Gasteiger partial charge in [-0.25, -0.2) is 4.98 Å². The molecule has 2 aliphatic rings. The van der Waals surface area contributed by atoms with Gasteiger partial charge in [0.2, 0.25) is 5.95 Å². The van der Waals surface area contributed by atoms with Gasteiger partial charge in [0.1, 0.15) is 5.82 Å². The van der Waals surface area contributed by atoms with E-state index < -0.39 is 0 Å². The van der Waals surface area contributed by atoms with Gasteiger partial charge in [0.25, 0.3) is 0 Å². The average molecular weight is 275 g/mol. The Labute approximate surface area is 121 Å². The lowest BCUT2D eigenvalue weighted by atomic mass is 9.89. The second-order valence-corrected chi connectivity index (χ2v) is 6.01. The molecule has 0 bridgehead atoms. The smallest absolute Gasteiger partial charge is 0.224 e. The fraction of sp³-hybridized carbons (Fsp3) is 0.733. The highest BCUT2D eigenvalue weighted by Crippen LogP contribution is 2.24. The molecule has 0 radical (unpaired) electrons. The third-order valence-corrected chi connectivity index (χ3v) is 4.53. The Morgan fingerprint density at radius 2 is 2.05 bits per heavy atom. The first-order valence-electron chi connectivity index (χ1n) is 7.84. The molecule has 0 amide bonds. The van der Waals surface area contributed by atoms with Crippen LogP contribution in [0.25, 0.3) is 0 Å². The normalized spacial score (nSPS) is 20.8. The molecule has 2 heterocycles. The number of rotatable bonds is 5. The Bertz CT molecular complexity index is 424. The fourth-order valence-corrected chi connectivity index (χ4v) is 3.09. The van der Waals surface area contributed by atoms with Gasteiger partial charge in [0, 0.05) is 31.9 Å². The first-order chi connectivity index (χ1) is 9.85. The van der Waals surface area contributed by atoms with Crippen LogP contribution in [0.3, 0.4) is 0 Å². The van der Waals surface area contributed by atoms with Crippen LogP contribution < -0.4 is 15.5 Å². The Balaban J connectivity index is 1.52. The van der Waals surface area contributed by atoms with E-state index in [2.05, 4.69) is 25.5 Å². The number of likely N-dealkylation sites (N-methyl/N-ethyl adjacent to an activating group) is 1. The summed E-state index contributed by atoms with van der Waals surface area (Å²) >= 11 is 0. The van der Waals surface area contributed by atoms with E-state index in [4.69, 9.17) is 0 Å². The van der Waals surface area contributed by atoms with Crippen molar-refractivity contribution in [1.29, 1.82) is 0 Å². The molecule has 0 atom stereocenters. The van der Waals surface area contributed by atoms with E-state index in [9.17, 15) is 0 Å². The van der Waals surface area contributed by atoms with E-state index in [1.165, 1.54) is 32.1 Å². The molecule has 5 nitrogen and oxygen atoms in total. The minimum atomic E-state index is 0.601. The molecular weight excluding hydrogens is 250 g/mol. The van der Waals surface area contributed by atoms with Gasteiger partial charge in [0.15, 0.2) is 0 Å². The van der Waals surface area contributed by atoms with Gasteiger partial charge in [-0.15, -0.1) is 0 Å². The molecular formula is C15H25N5. The maximum atomic E-state index is 4.62. The molecule has 0 spiro atoms. The number of nitrogens with one attached hydrogen (secondary N) is 2. The van der Waals surface area contributed by atoms with E-state index in [0.29, 0.717) is 6.04 Å². The van der Waals surface area contributed by atoms with Gasteiger partial charge in [-0.1, -0.05) is 19.3 Å². The summed E-state index contributed by atoms with van der Waals surface area (Å²) in [6.45, 7) is 3.09. The monoisotopic (exact) mass is 275 g/mol. The minimum Gasteiger partial charge on any atom is -0.354 e. The van der Waals surface area contributed by atoms with Crippen LogP contribution in [0.4, 0.5) is 11.8 Å². The molecule has 2 fully saturated rings. The molecule has 0 unspecified atom stereocenters. The number of anilines is 2. The van der Waals surface area contributed by atoms with E-state index in [1.54, 1.807) is 0 Å². The van der Waals surface area contributed by atoms with Gasteiger partial charge >= 0.3 is 0 Å². The van der Waals surface area contributed by atoms with Crippen molar-refractivity contribution in [3.8, 4) is 0 Å². The summed E-state index contributed by atoms with van der Waals surface area (Å²) in [4.78, 5) is 11.2. The molecule has 1 saturated carbocycles. The molecule has 1 aromatic heterocycles. The van der Waals surface area contributed by atoms with Crippen molar-refractivity contribution in [2.75, 3.05) is 36.9 Å². The number of hydrogen-bond acceptors (Lipinski definition) is 5. The third kappa shape index (κ3) is 3.20. The summed E-state index contributed by atoms with van der Waals surface area (Å²) in [5, 5.41) is 6.70. The zero-order valence-corrected chi connectivity index (χ0v) is 12.3. The Morgan fingerprint density at radius 3 is 2.80 bits per heavy atom. The van der Waals surface area contributed by atoms with Crippen LogP contribution in [-0.2, 0) is 0 Å². The first-order valence-corrected chi connectivity index (χ1v) is 7.84. The van der Waals surface area contributed by atoms with Gasteiger partial charge in [-0.3, -0.25) is 0 Å². The molecule has 20 heavy (non-hydrogen) atoms. The second kappa shape index (κ2) is 6.39. The van der Waals surface area contributed by atoms with Crippen LogP contribution >= 0.6 is 0 Å². The van der Waals surface area contributed by atoms with E-state index in [1.807, 2.05) is 19.3 Å². The van der Waals surface area contributed by atoms with Gasteiger partial charge in [-0.05, 0) is 31.9 Å². The quantitative estimate of drug-likeness (QED) is 0.859. The zero-order valence-electron chi connectivity index (χ0n) is 12.3. The summed E-state index contributed by atoms with van der Waals surface area (Å²) < 4.78 is 0. The topological polar surface area (TPSA) is 53.1 Å². The van der Waals surface area contributed by atoms with Crippen LogP contribution in [0.1, 0.15) is 32.1 Å². The summed E-state index contributed by atoms with van der Waals surface area (Å²) in [5.41, 5.74) is 0. The Morgan fingerprint density at radius 1 is 1.25 bits per heavy atom. The molecule has 2 N–H and O–H groups in total. The lowest BCUT2D eigenvalue weighted by Gasteiger charge is -2.39. The summed E-state index contributed by atoms with van der Waals surface area (Å²) in [7, 11) is 2.01. The molecule has 1 aliphatic heterocycles. The highest BCUT2D eigenvalue weighted by Gasteiger charge is 2.26. The van der Waals surface area contributed by atoms with Crippen molar-refractivity contribution in [3.63, 3.8) is 0 Å². The number of aromatic nitrogens is 2. The van der Waals surface area contributed by atoms with Crippen LogP contribution in [-0.4, -0.2) is 42.7 Å². The first kappa shape index (κ1) is 13.6. The summed E-state index contributed by atoms with van der Waals surface area (Å²) in [6, 6.07) is 2.60. The van der Waals surface area contributed by atoms with Crippen LogP contribution in [0.15, 0.2) is 12.3 Å². The van der Waals surface area contributed by atoms with Gasteiger partial charge < -0.3 is 15.5 Å². The zero-order chi connectivity index (χ0) is 13.8. The predicted molar refractivity (Wildman–Crippen MR) is 82.2 cm³/mol. The molecule has 1 aliphatic carbocycles. The standard InChI is InChI=1S/C15H25N5/c1-16-13-10-20(11-13)14-7-8-17-15(19-14)18-9-12-5-3-2-4-6-12/h7-8,12-13,16H,2-6,9-11H2,1H3,(H,17,18,19). The van der Waals surface area contributed by atoms with Crippen LogP contribution in [0.5, 0.6) is 0 Å². The van der Waals surface area contributed by atoms with Crippen molar-refractivity contribution in [3.05, 3.63) is 12.3 Å². The predicted octanol–water partition coefficient (Wildman–Crippen LogP) is 1.88. The molecule has 110 valence electrons. The van der Waals surface area contributed by atoms with Gasteiger partial charge in [0.05, 0.1) is 0 Å². The SMILES string of the molecule is CNC1CN(c2ccnc(NCC3CCCCC3)n2)C1. The maximum absolute atomic E-state index is 4.62. The maximum Gasteiger partial charge on any atom is 0.224 e. The molecule has 0 aromatic carbocycles. The average Bonchev–Trinajstić information content (AvgIpc) is 2.46. The molecule has 1 saturated heterocycles. The fourth-order valence-electron chi connectivity index (χ4n) is 3.09. The third-order valence-electron chi connectivity index (χ3n) is 4.53. The van der Waals surface area contributed by atoms with Crippen LogP contribution in [0, 0.1) is 5.92 Å². The van der Waals surface area contributed by atoms with Crippen molar-refractivity contribution in [1.82, 2.24) is 15.3 Å². The Hall–Kier alpha value is -1.36. The summed E-state index contributed by atoms with van der Waals surface area (Å²) in [6.07, 6.45) is 8.73. The largest absolute Gasteiger partial charge is 0.354 e. The number of hydrogen-bond donors (Lipinski definition) is 2. The van der Waals surface area contributed by atoms with Crippen molar-refractivity contribution in [2.45, 2.75) is 38.1 Å². The molecule has 3 rings (SSSR count). The van der Waals surface area contributed by atoms with Crippen LogP contribution in [0.2, 0.25) is 0 Å². The van der Waals surface area contributed by atoms with Gasteiger partial charge in [-0.2, -0.15) is 4.98 Å². The Kier molecular flexibility index (Phi) is 4.35. The molecule has 5 heteroatoms. The van der Waals surface area contributed by atoms with E-state index in [0.717, 1.165) is 37.3 Å². The highest BCUT2D eigenvalue weighted by molar-refractivity contribution is 5.45. The van der Waals surface area contributed by atoms with Crippen molar-refractivity contribution >= 4 is 11.8 Å². The summed E-state index contributed by atoms with van der Waals surface area (Å²) in [5.74, 6) is 2.62. The highest BCUT2D eigenvalue weighted by atomic mass is 15.3. The lowest BCUT2D eigenvalue weighted by molar-refractivity contribution is 0.373.